The molecule has 4 atom stereocenters. The molecular weight excluding hydrogens is 290 g/mol. The van der Waals surface area contributed by atoms with Crippen molar-refractivity contribution in [1.29, 1.82) is 0 Å². The number of rotatable bonds is 3. The van der Waals surface area contributed by atoms with Crippen LogP contribution in [0.25, 0.3) is 0 Å². The van der Waals surface area contributed by atoms with Gasteiger partial charge in [0.25, 0.3) is 5.91 Å². The Morgan fingerprint density at radius 2 is 2.09 bits per heavy atom. The fraction of sp³-hybridized carbons (Fsp3) is 0.562. The van der Waals surface area contributed by atoms with Crippen LogP contribution in [0.5, 0.6) is 5.75 Å². The first kappa shape index (κ1) is 15.2. The molecule has 4 nitrogen and oxygen atoms in total. The van der Waals surface area contributed by atoms with Crippen molar-refractivity contribution >= 4 is 5.91 Å². The van der Waals surface area contributed by atoms with Crippen molar-refractivity contribution in [3.8, 4) is 5.75 Å². The third kappa shape index (κ3) is 2.79. The van der Waals surface area contributed by atoms with Gasteiger partial charge >= 0.3 is 0 Å². The highest BCUT2D eigenvalue weighted by Crippen LogP contribution is 2.37. The summed E-state index contributed by atoms with van der Waals surface area (Å²) in [6.45, 7) is 3.00. The number of hydrogen-bond donors (Lipinski definition) is 1. The van der Waals surface area contributed by atoms with Gasteiger partial charge in [-0.15, -0.1) is 0 Å². The number of carbonyl (C=O) groups excluding carboxylic acids is 1. The number of halogens is 2. The van der Waals surface area contributed by atoms with Crippen molar-refractivity contribution in [3.63, 3.8) is 0 Å². The van der Waals surface area contributed by atoms with Crippen LogP contribution in [0.3, 0.4) is 0 Å². The zero-order chi connectivity index (χ0) is 15.9. The van der Waals surface area contributed by atoms with Crippen LogP contribution < -0.4 is 10.5 Å². The standard InChI is InChI=1S/C16H20F2N2O2/c1-9(22-11-3-4-13(17)14(18)6-11)16(21)20-7-10-2-5-15(19)12(10)8-20/h3-4,6,9-10,12,15H,2,5,7-8,19H2,1H3. The van der Waals surface area contributed by atoms with Crippen molar-refractivity contribution < 1.29 is 18.3 Å². The molecular formula is C16H20F2N2O2. The molecule has 1 saturated carbocycles. The maximum Gasteiger partial charge on any atom is 0.263 e. The van der Waals surface area contributed by atoms with Crippen LogP contribution in [-0.4, -0.2) is 36.0 Å². The average Bonchev–Trinajstić information content (AvgIpc) is 3.05. The summed E-state index contributed by atoms with van der Waals surface area (Å²) < 4.78 is 31.5. The monoisotopic (exact) mass is 310 g/mol. The highest BCUT2D eigenvalue weighted by Gasteiger charge is 2.43. The van der Waals surface area contributed by atoms with Crippen LogP contribution >= 0.6 is 0 Å². The average molecular weight is 310 g/mol. The van der Waals surface area contributed by atoms with Crippen molar-refractivity contribution in [1.82, 2.24) is 4.90 Å². The molecule has 1 aromatic rings. The SMILES string of the molecule is CC(Oc1ccc(F)c(F)c1)C(=O)N1CC2CCC(N)C2C1. The number of hydrogen-bond acceptors (Lipinski definition) is 3. The van der Waals surface area contributed by atoms with E-state index in [0.717, 1.165) is 25.0 Å². The van der Waals surface area contributed by atoms with E-state index in [9.17, 15) is 13.6 Å². The quantitative estimate of drug-likeness (QED) is 0.928. The van der Waals surface area contributed by atoms with Gasteiger partial charge in [-0.2, -0.15) is 0 Å². The Balaban J connectivity index is 1.61. The minimum Gasteiger partial charge on any atom is -0.481 e. The van der Waals surface area contributed by atoms with Gasteiger partial charge in [0, 0.05) is 25.2 Å². The fourth-order valence-electron chi connectivity index (χ4n) is 3.55. The highest BCUT2D eigenvalue weighted by atomic mass is 19.2. The van der Waals surface area contributed by atoms with E-state index in [1.807, 2.05) is 0 Å². The molecule has 0 spiro atoms. The van der Waals surface area contributed by atoms with Crippen molar-refractivity contribution in [2.75, 3.05) is 13.1 Å². The molecule has 1 amide bonds. The zero-order valence-electron chi connectivity index (χ0n) is 12.5. The van der Waals surface area contributed by atoms with E-state index in [0.29, 0.717) is 24.9 Å². The van der Waals surface area contributed by atoms with E-state index in [-0.39, 0.29) is 17.7 Å². The largest absolute Gasteiger partial charge is 0.481 e. The van der Waals surface area contributed by atoms with Crippen LogP contribution in [-0.2, 0) is 4.79 Å². The van der Waals surface area contributed by atoms with Crippen LogP contribution in [0, 0.1) is 23.5 Å². The fourth-order valence-corrected chi connectivity index (χ4v) is 3.55. The van der Waals surface area contributed by atoms with Gasteiger partial charge in [-0.05, 0) is 43.7 Å². The number of fused-ring (bicyclic) bond motifs is 1. The molecule has 3 rings (SSSR count). The molecule has 1 aliphatic heterocycles. The summed E-state index contributed by atoms with van der Waals surface area (Å²) >= 11 is 0. The molecule has 1 aliphatic carbocycles. The number of carbonyl (C=O) groups is 1. The van der Waals surface area contributed by atoms with Crippen LogP contribution in [0.1, 0.15) is 19.8 Å². The molecule has 2 N–H and O–H groups in total. The lowest BCUT2D eigenvalue weighted by Crippen LogP contribution is -2.40. The summed E-state index contributed by atoms with van der Waals surface area (Å²) in [7, 11) is 0. The van der Waals surface area contributed by atoms with E-state index < -0.39 is 17.7 Å². The Morgan fingerprint density at radius 1 is 1.32 bits per heavy atom. The number of benzene rings is 1. The molecule has 4 unspecified atom stereocenters. The first-order valence-electron chi connectivity index (χ1n) is 7.62. The molecule has 1 aromatic carbocycles. The predicted molar refractivity (Wildman–Crippen MR) is 77.2 cm³/mol. The van der Waals surface area contributed by atoms with Gasteiger partial charge in [0.1, 0.15) is 5.75 Å². The van der Waals surface area contributed by atoms with E-state index in [1.54, 1.807) is 11.8 Å². The molecule has 0 bridgehead atoms. The van der Waals surface area contributed by atoms with Gasteiger partial charge in [-0.25, -0.2) is 8.78 Å². The van der Waals surface area contributed by atoms with E-state index >= 15 is 0 Å². The Kier molecular flexibility index (Phi) is 4.04. The van der Waals surface area contributed by atoms with Gasteiger partial charge in [-0.1, -0.05) is 0 Å². The number of amides is 1. The molecule has 0 aromatic heterocycles. The second-order valence-corrected chi connectivity index (χ2v) is 6.24. The zero-order valence-corrected chi connectivity index (χ0v) is 12.5. The third-order valence-electron chi connectivity index (χ3n) is 4.78. The summed E-state index contributed by atoms with van der Waals surface area (Å²) in [4.78, 5) is 14.2. The third-order valence-corrected chi connectivity index (χ3v) is 4.78. The maximum atomic E-state index is 13.2. The summed E-state index contributed by atoms with van der Waals surface area (Å²) in [6, 6.07) is 3.43. The van der Waals surface area contributed by atoms with Gasteiger partial charge in [-0.3, -0.25) is 4.79 Å². The minimum atomic E-state index is -0.987. The second kappa shape index (κ2) is 5.83. The Labute approximate surface area is 128 Å². The van der Waals surface area contributed by atoms with E-state index in [2.05, 4.69) is 0 Å². The molecule has 0 radical (unpaired) electrons. The molecule has 22 heavy (non-hydrogen) atoms. The minimum absolute atomic E-state index is 0.133. The van der Waals surface area contributed by atoms with Gasteiger partial charge in [0.05, 0.1) is 0 Å². The summed E-state index contributed by atoms with van der Waals surface area (Å²) in [6.07, 6.45) is 1.35. The lowest BCUT2D eigenvalue weighted by molar-refractivity contribution is -0.137. The van der Waals surface area contributed by atoms with E-state index in [4.69, 9.17) is 10.5 Å². The number of nitrogens with two attached hydrogens (primary N) is 1. The smallest absolute Gasteiger partial charge is 0.263 e. The van der Waals surface area contributed by atoms with Crippen LogP contribution in [0.2, 0.25) is 0 Å². The van der Waals surface area contributed by atoms with Crippen molar-refractivity contribution in [2.24, 2.45) is 17.6 Å². The van der Waals surface area contributed by atoms with E-state index in [1.165, 1.54) is 6.07 Å². The summed E-state index contributed by atoms with van der Waals surface area (Å²) in [5.74, 6) is -1.05. The number of nitrogens with zero attached hydrogens (tertiary/aromatic N) is 1. The molecule has 2 aliphatic rings. The maximum absolute atomic E-state index is 13.2. The molecule has 120 valence electrons. The first-order chi connectivity index (χ1) is 10.5. The lowest BCUT2D eigenvalue weighted by Gasteiger charge is -2.23. The van der Waals surface area contributed by atoms with Crippen molar-refractivity contribution in [2.45, 2.75) is 31.9 Å². The van der Waals surface area contributed by atoms with Gasteiger partial charge < -0.3 is 15.4 Å². The molecule has 1 saturated heterocycles. The topological polar surface area (TPSA) is 55.6 Å². The lowest BCUT2D eigenvalue weighted by atomic mass is 9.98. The Morgan fingerprint density at radius 3 is 2.77 bits per heavy atom. The molecule has 6 heteroatoms. The highest BCUT2D eigenvalue weighted by molar-refractivity contribution is 5.81. The van der Waals surface area contributed by atoms with Gasteiger partial charge in [0.2, 0.25) is 0 Å². The number of likely N-dealkylation sites (tertiary alicyclic amines) is 1. The van der Waals surface area contributed by atoms with Crippen molar-refractivity contribution in [3.05, 3.63) is 29.8 Å². The first-order valence-corrected chi connectivity index (χ1v) is 7.62. The Hall–Kier alpha value is -1.69. The molecule has 2 fully saturated rings. The number of ether oxygens (including phenoxy) is 1. The predicted octanol–water partition coefficient (Wildman–Crippen LogP) is 1.93. The second-order valence-electron chi connectivity index (χ2n) is 6.24. The molecule has 1 heterocycles. The Bertz CT molecular complexity index is 581. The van der Waals surface area contributed by atoms with Gasteiger partial charge in [0.15, 0.2) is 17.7 Å². The summed E-state index contributed by atoms with van der Waals surface area (Å²) in [5.41, 5.74) is 6.07. The van der Waals surface area contributed by atoms with Crippen LogP contribution in [0.4, 0.5) is 8.78 Å². The van der Waals surface area contributed by atoms with Crippen LogP contribution in [0.15, 0.2) is 18.2 Å². The normalized spacial score (nSPS) is 28.5. The summed E-state index contributed by atoms with van der Waals surface area (Å²) in [5, 5.41) is 0.